The molecule has 1 amide bonds. The predicted octanol–water partition coefficient (Wildman–Crippen LogP) is 1.64. The van der Waals surface area contributed by atoms with E-state index in [1.165, 1.54) is 0 Å². The molecule has 0 atom stereocenters. The molecule has 0 unspecified atom stereocenters. The minimum atomic E-state index is -5.08. The Morgan fingerprint density at radius 2 is 1.93 bits per heavy atom. The van der Waals surface area contributed by atoms with E-state index in [2.05, 4.69) is 15.4 Å². The molecule has 0 radical (unpaired) electrons. The van der Waals surface area contributed by atoms with E-state index in [1.54, 1.807) is 6.07 Å². The van der Waals surface area contributed by atoms with E-state index in [-0.39, 0.29) is 5.91 Å². The summed E-state index contributed by atoms with van der Waals surface area (Å²) in [6.07, 6.45) is -1.84. The van der Waals surface area contributed by atoms with Crippen molar-refractivity contribution >= 4 is 11.9 Å². The van der Waals surface area contributed by atoms with E-state index in [1.807, 2.05) is 0 Å². The number of aliphatic carboxylic acids is 1. The lowest BCUT2D eigenvalue weighted by molar-refractivity contribution is -0.192. The van der Waals surface area contributed by atoms with Gasteiger partial charge in [-0.25, -0.2) is 4.79 Å². The smallest absolute Gasteiger partial charge is 0.475 e. The number of carboxylic acid groups (broad SMARTS) is 1. The second-order valence-electron chi connectivity index (χ2n) is 6.26. The third-order valence-electron chi connectivity index (χ3n) is 4.02. The van der Waals surface area contributed by atoms with Gasteiger partial charge < -0.3 is 19.7 Å². The number of halogens is 3. The van der Waals surface area contributed by atoms with Gasteiger partial charge in [0, 0.05) is 31.6 Å². The Morgan fingerprint density at radius 1 is 1.30 bits per heavy atom. The first kappa shape index (κ1) is 21.2. The molecule has 0 aromatic carbocycles. The van der Waals surface area contributed by atoms with Crippen LogP contribution in [0.15, 0.2) is 10.6 Å². The lowest BCUT2D eigenvalue weighted by atomic mass is 10.2. The highest BCUT2D eigenvalue weighted by Crippen LogP contribution is 2.40. The number of carbonyl (C=O) groups is 2. The SMILES string of the molecule is O=C(NCCCN1CCOCC1)c1cc(C2CC2)on1.O=C(O)C(F)(F)F. The van der Waals surface area contributed by atoms with Crippen LogP contribution in [-0.2, 0) is 9.53 Å². The summed E-state index contributed by atoms with van der Waals surface area (Å²) < 4.78 is 42.2. The summed E-state index contributed by atoms with van der Waals surface area (Å²) in [5.41, 5.74) is 0.401. The maximum atomic E-state index is 11.9. The first-order valence-corrected chi connectivity index (χ1v) is 8.62. The van der Waals surface area contributed by atoms with E-state index >= 15 is 0 Å². The molecule has 2 aliphatic rings. The molecule has 1 aromatic heterocycles. The van der Waals surface area contributed by atoms with Crippen molar-refractivity contribution in [2.45, 2.75) is 31.4 Å². The lowest BCUT2D eigenvalue weighted by Crippen LogP contribution is -2.38. The number of nitrogens with one attached hydrogen (secondary N) is 1. The van der Waals surface area contributed by atoms with Gasteiger partial charge in [0.25, 0.3) is 5.91 Å². The Hall–Kier alpha value is -2.14. The summed E-state index contributed by atoms with van der Waals surface area (Å²) in [4.78, 5) is 23.1. The molecule has 11 heteroatoms. The molecule has 1 aromatic rings. The van der Waals surface area contributed by atoms with Crippen molar-refractivity contribution in [3.8, 4) is 0 Å². The van der Waals surface area contributed by atoms with Crippen molar-refractivity contribution < 1.29 is 37.1 Å². The fourth-order valence-electron chi connectivity index (χ4n) is 2.38. The van der Waals surface area contributed by atoms with Gasteiger partial charge in [-0.2, -0.15) is 13.2 Å². The molecular formula is C16H22F3N3O5. The van der Waals surface area contributed by atoms with Gasteiger partial charge in [0.15, 0.2) is 5.69 Å². The zero-order valence-electron chi connectivity index (χ0n) is 14.6. The Morgan fingerprint density at radius 3 is 2.48 bits per heavy atom. The average molecular weight is 393 g/mol. The number of carbonyl (C=O) groups excluding carboxylic acids is 1. The third-order valence-corrected chi connectivity index (χ3v) is 4.02. The van der Waals surface area contributed by atoms with Gasteiger partial charge >= 0.3 is 12.1 Å². The van der Waals surface area contributed by atoms with Crippen molar-refractivity contribution in [2.24, 2.45) is 0 Å². The molecule has 152 valence electrons. The minimum absolute atomic E-state index is 0.136. The summed E-state index contributed by atoms with van der Waals surface area (Å²) in [6, 6.07) is 1.77. The Balaban J connectivity index is 0.000000321. The van der Waals surface area contributed by atoms with Crippen LogP contribution in [0.25, 0.3) is 0 Å². The van der Waals surface area contributed by atoms with Gasteiger partial charge in [-0.05, 0) is 25.8 Å². The van der Waals surface area contributed by atoms with Crippen LogP contribution < -0.4 is 5.32 Å². The number of ether oxygens (including phenoxy) is 1. The Bertz CT molecular complexity index is 625. The molecule has 1 saturated heterocycles. The summed E-state index contributed by atoms with van der Waals surface area (Å²) >= 11 is 0. The second kappa shape index (κ2) is 9.70. The van der Waals surface area contributed by atoms with E-state index in [0.717, 1.165) is 57.9 Å². The second-order valence-corrected chi connectivity index (χ2v) is 6.26. The largest absolute Gasteiger partial charge is 0.490 e. The van der Waals surface area contributed by atoms with Crippen molar-refractivity contribution in [1.82, 2.24) is 15.4 Å². The number of amides is 1. The number of alkyl halides is 3. The zero-order chi connectivity index (χ0) is 19.9. The third kappa shape index (κ3) is 7.55. The highest BCUT2D eigenvalue weighted by atomic mass is 19.4. The van der Waals surface area contributed by atoms with Gasteiger partial charge in [-0.3, -0.25) is 9.69 Å². The molecular weight excluding hydrogens is 371 g/mol. The van der Waals surface area contributed by atoms with Gasteiger partial charge in [0.05, 0.1) is 13.2 Å². The van der Waals surface area contributed by atoms with Crippen molar-refractivity contribution in [3.63, 3.8) is 0 Å². The Labute approximate surface area is 153 Å². The topological polar surface area (TPSA) is 105 Å². The van der Waals surface area contributed by atoms with E-state index in [9.17, 15) is 18.0 Å². The number of morpholine rings is 1. The molecule has 2 heterocycles. The highest BCUT2D eigenvalue weighted by Gasteiger charge is 2.38. The van der Waals surface area contributed by atoms with Crippen LogP contribution in [0.3, 0.4) is 0 Å². The molecule has 1 aliphatic heterocycles. The highest BCUT2D eigenvalue weighted by molar-refractivity contribution is 5.92. The Kier molecular flexibility index (Phi) is 7.60. The van der Waals surface area contributed by atoms with Crippen molar-refractivity contribution in [1.29, 1.82) is 0 Å². The summed E-state index contributed by atoms with van der Waals surface area (Å²) in [5, 5.41) is 13.8. The van der Waals surface area contributed by atoms with E-state index < -0.39 is 12.1 Å². The van der Waals surface area contributed by atoms with Crippen LogP contribution >= 0.6 is 0 Å². The normalized spacial score (nSPS) is 17.7. The molecule has 0 bridgehead atoms. The van der Waals surface area contributed by atoms with Gasteiger partial charge in [0.2, 0.25) is 0 Å². The maximum Gasteiger partial charge on any atom is 0.490 e. The van der Waals surface area contributed by atoms with E-state index in [4.69, 9.17) is 19.2 Å². The van der Waals surface area contributed by atoms with Gasteiger partial charge in [-0.1, -0.05) is 5.16 Å². The fourth-order valence-corrected chi connectivity index (χ4v) is 2.38. The van der Waals surface area contributed by atoms with Gasteiger partial charge in [-0.15, -0.1) is 0 Å². The minimum Gasteiger partial charge on any atom is -0.475 e. The summed E-state index contributed by atoms with van der Waals surface area (Å²) in [5.74, 6) is -1.55. The quantitative estimate of drug-likeness (QED) is 0.708. The number of hydrogen-bond acceptors (Lipinski definition) is 6. The molecule has 3 rings (SSSR count). The lowest BCUT2D eigenvalue weighted by Gasteiger charge is -2.26. The summed E-state index contributed by atoms with van der Waals surface area (Å²) in [7, 11) is 0. The van der Waals surface area contributed by atoms with Crippen LogP contribution in [0.5, 0.6) is 0 Å². The number of hydrogen-bond donors (Lipinski definition) is 2. The maximum absolute atomic E-state index is 11.9. The number of rotatable bonds is 6. The molecule has 1 saturated carbocycles. The molecule has 27 heavy (non-hydrogen) atoms. The van der Waals surface area contributed by atoms with Crippen LogP contribution in [0, 0.1) is 0 Å². The monoisotopic (exact) mass is 393 g/mol. The predicted molar refractivity (Wildman–Crippen MR) is 86.4 cm³/mol. The van der Waals surface area contributed by atoms with Crippen molar-refractivity contribution in [2.75, 3.05) is 39.4 Å². The number of nitrogens with zero attached hydrogens (tertiary/aromatic N) is 2. The molecule has 2 N–H and O–H groups in total. The first-order valence-electron chi connectivity index (χ1n) is 8.62. The number of aromatic nitrogens is 1. The summed E-state index contributed by atoms with van der Waals surface area (Å²) in [6.45, 7) is 5.27. The molecule has 2 fully saturated rings. The first-order chi connectivity index (χ1) is 12.8. The molecule has 8 nitrogen and oxygen atoms in total. The van der Waals surface area contributed by atoms with E-state index in [0.29, 0.717) is 18.2 Å². The van der Waals surface area contributed by atoms with Crippen LogP contribution in [0.1, 0.15) is 41.4 Å². The number of carboxylic acids is 1. The van der Waals surface area contributed by atoms with Crippen LogP contribution in [0.2, 0.25) is 0 Å². The van der Waals surface area contributed by atoms with Crippen LogP contribution in [-0.4, -0.2) is 72.6 Å². The standard InChI is InChI=1S/C14H21N3O3.C2HF3O2/c18-14(12-10-13(20-16-12)11-2-3-11)15-4-1-5-17-6-8-19-9-7-17;3-2(4,5)1(6)7/h10-11H,1-9H2,(H,15,18);(H,6,7). The van der Waals surface area contributed by atoms with Crippen LogP contribution in [0.4, 0.5) is 13.2 Å². The molecule has 0 spiro atoms. The average Bonchev–Trinajstić information content (AvgIpc) is 3.36. The van der Waals surface area contributed by atoms with Gasteiger partial charge in [0.1, 0.15) is 5.76 Å². The zero-order valence-corrected chi connectivity index (χ0v) is 14.6. The van der Waals surface area contributed by atoms with Crippen molar-refractivity contribution in [3.05, 3.63) is 17.5 Å². The fraction of sp³-hybridized carbons (Fsp3) is 0.688. The molecule has 1 aliphatic carbocycles.